The van der Waals surface area contributed by atoms with E-state index in [0.717, 1.165) is 13.0 Å². The van der Waals surface area contributed by atoms with Crippen molar-refractivity contribution in [1.82, 2.24) is 15.0 Å². The molecule has 1 atom stereocenters. The highest BCUT2D eigenvalue weighted by atomic mass is 31.0. The van der Waals surface area contributed by atoms with Crippen LogP contribution in [0.25, 0.3) is 0 Å². The Morgan fingerprint density at radius 1 is 1.12 bits per heavy atom. The summed E-state index contributed by atoms with van der Waals surface area (Å²) in [5.41, 5.74) is 1.30. The van der Waals surface area contributed by atoms with Crippen LogP contribution in [0.15, 0.2) is 6.20 Å². The van der Waals surface area contributed by atoms with Crippen LogP contribution in [-0.4, -0.2) is 21.2 Å². The Morgan fingerprint density at radius 2 is 1.88 bits per heavy atom. The number of aromatic nitrogens is 3. The maximum atomic E-state index is 4.17. The lowest BCUT2D eigenvalue weighted by Gasteiger charge is -2.05. The first-order valence-electron chi connectivity index (χ1n) is 6.96. The standard InChI is InChI=1S/C13H26N3P/c1-2-3-9-13-12-14-15-16(13)10-7-5-4-6-8-11-17/h12H,2-11,17H2,1H3. The second-order valence-electron chi connectivity index (χ2n) is 4.61. The van der Waals surface area contributed by atoms with Gasteiger partial charge in [-0.2, -0.15) is 0 Å². The third-order valence-electron chi connectivity index (χ3n) is 3.06. The second-order valence-corrected chi connectivity index (χ2v) is 5.19. The van der Waals surface area contributed by atoms with E-state index < -0.39 is 0 Å². The van der Waals surface area contributed by atoms with Crippen LogP contribution in [0.3, 0.4) is 0 Å². The van der Waals surface area contributed by atoms with Crippen molar-refractivity contribution in [2.75, 3.05) is 6.16 Å². The molecule has 0 saturated carbocycles. The third kappa shape index (κ3) is 6.16. The van der Waals surface area contributed by atoms with Crippen molar-refractivity contribution in [1.29, 1.82) is 0 Å². The quantitative estimate of drug-likeness (QED) is 0.473. The van der Waals surface area contributed by atoms with Gasteiger partial charge >= 0.3 is 0 Å². The van der Waals surface area contributed by atoms with Crippen molar-refractivity contribution in [3.05, 3.63) is 11.9 Å². The molecular formula is C13H26N3P. The zero-order chi connectivity index (χ0) is 12.3. The van der Waals surface area contributed by atoms with E-state index in [1.807, 2.05) is 6.20 Å². The minimum absolute atomic E-state index is 1.04. The summed E-state index contributed by atoms with van der Waals surface area (Å²) in [5.74, 6) is 0. The van der Waals surface area contributed by atoms with Crippen LogP contribution in [0.4, 0.5) is 0 Å². The molecule has 0 bridgehead atoms. The normalized spacial score (nSPS) is 10.9. The van der Waals surface area contributed by atoms with Gasteiger partial charge in [-0.1, -0.05) is 37.8 Å². The zero-order valence-corrected chi connectivity index (χ0v) is 12.2. The van der Waals surface area contributed by atoms with Gasteiger partial charge in [0.25, 0.3) is 0 Å². The molecule has 0 aliphatic rings. The molecule has 0 spiro atoms. The molecule has 0 saturated heterocycles. The van der Waals surface area contributed by atoms with Crippen LogP contribution in [0.1, 0.15) is 57.6 Å². The molecule has 0 radical (unpaired) electrons. The van der Waals surface area contributed by atoms with Crippen LogP contribution >= 0.6 is 9.24 Å². The molecule has 0 aliphatic carbocycles. The summed E-state index contributed by atoms with van der Waals surface area (Å²) in [6.45, 7) is 3.26. The minimum atomic E-state index is 1.04. The van der Waals surface area contributed by atoms with Crippen LogP contribution in [0.5, 0.6) is 0 Å². The molecular weight excluding hydrogens is 229 g/mol. The number of aryl methyl sites for hydroxylation is 2. The van der Waals surface area contributed by atoms with E-state index in [4.69, 9.17) is 0 Å². The summed E-state index contributed by atoms with van der Waals surface area (Å²) >= 11 is 0. The van der Waals surface area contributed by atoms with Gasteiger partial charge in [-0.05, 0) is 31.8 Å². The largest absolute Gasteiger partial charge is 0.249 e. The summed E-state index contributed by atoms with van der Waals surface area (Å²) in [5, 5.41) is 8.18. The highest BCUT2D eigenvalue weighted by Gasteiger charge is 2.02. The van der Waals surface area contributed by atoms with Crippen LogP contribution in [0.2, 0.25) is 0 Å². The summed E-state index contributed by atoms with van der Waals surface area (Å²) in [4.78, 5) is 0. The molecule has 1 heterocycles. The number of nitrogens with zero attached hydrogens (tertiary/aromatic N) is 3. The summed E-state index contributed by atoms with van der Waals surface area (Å²) < 4.78 is 2.09. The van der Waals surface area contributed by atoms with Gasteiger partial charge in [0.15, 0.2) is 0 Å². The molecule has 0 fully saturated rings. The maximum Gasteiger partial charge on any atom is 0.0725 e. The molecule has 1 unspecified atom stereocenters. The van der Waals surface area contributed by atoms with Gasteiger partial charge in [-0.25, -0.2) is 4.68 Å². The Labute approximate surface area is 108 Å². The number of hydrogen-bond donors (Lipinski definition) is 0. The fourth-order valence-electron chi connectivity index (χ4n) is 1.95. The highest BCUT2D eigenvalue weighted by molar-refractivity contribution is 7.16. The van der Waals surface area contributed by atoms with Crippen molar-refractivity contribution in [3.8, 4) is 0 Å². The molecule has 3 nitrogen and oxygen atoms in total. The van der Waals surface area contributed by atoms with Gasteiger partial charge in [-0.15, -0.1) is 14.3 Å². The minimum Gasteiger partial charge on any atom is -0.249 e. The summed E-state index contributed by atoms with van der Waals surface area (Å²) in [7, 11) is 2.79. The fourth-order valence-corrected chi connectivity index (χ4v) is 2.24. The van der Waals surface area contributed by atoms with E-state index in [0.29, 0.717) is 0 Å². The van der Waals surface area contributed by atoms with E-state index in [1.54, 1.807) is 0 Å². The average molecular weight is 255 g/mol. The number of rotatable bonds is 10. The van der Waals surface area contributed by atoms with Crippen LogP contribution in [-0.2, 0) is 13.0 Å². The number of unbranched alkanes of at least 4 members (excludes halogenated alkanes) is 5. The maximum absolute atomic E-state index is 4.17. The molecule has 1 aromatic heterocycles. The Balaban J connectivity index is 2.15. The van der Waals surface area contributed by atoms with Crippen molar-refractivity contribution in [2.24, 2.45) is 0 Å². The first-order valence-corrected chi connectivity index (χ1v) is 7.77. The summed E-state index contributed by atoms with van der Waals surface area (Å²) in [6.07, 6.45) is 13.4. The Kier molecular flexibility index (Phi) is 8.25. The molecule has 98 valence electrons. The van der Waals surface area contributed by atoms with Crippen molar-refractivity contribution in [2.45, 2.75) is 64.8 Å². The van der Waals surface area contributed by atoms with Gasteiger partial charge in [-0.3, -0.25) is 0 Å². The molecule has 0 aliphatic heterocycles. The van der Waals surface area contributed by atoms with Crippen molar-refractivity contribution >= 4 is 9.24 Å². The first-order chi connectivity index (χ1) is 8.38. The predicted octanol–water partition coefficient (Wildman–Crippen LogP) is 3.45. The second kappa shape index (κ2) is 9.58. The van der Waals surface area contributed by atoms with E-state index in [9.17, 15) is 0 Å². The van der Waals surface area contributed by atoms with Crippen molar-refractivity contribution in [3.63, 3.8) is 0 Å². The van der Waals surface area contributed by atoms with E-state index in [2.05, 4.69) is 31.2 Å². The molecule has 17 heavy (non-hydrogen) atoms. The summed E-state index contributed by atoms with van der Waals surface area (Å²) in [6, 6.07) is 0. The van der Waals surface area contributed by atoms with Crippen LogP contribution in [0, 0.1) is 0 Å². The monoisotopic (exact) mass is 255 g/mol. The third-order valence-corrected chi connectivity index (χ3v) is 3.47. The predicted molar refractivity (Wildman–Crippen MR) is 76.3 cm³/mol. The van der Waals surface area contributed by atoms with E-state index in [1.165, 1.54) is 56.8 Å². The lowest BCUT2D eigenvalue weighted by molar-refractivity contribution is 0.504. The molecule has 1 aromatic rings. The van der Waals surface area contributed by atoms with Gasteiger partial charge in [0.2, 0.25) is 0 Å². The van der Waals surface area contributed by atoms with Gasteiger partial charge < -0.3 is 0 Å². The molecule has 0 amide bonds. The van der Waals surface area contributed by atoms with Gasteiger partial charge in [0, 0.05) is 6.54 Å². The lowest BCUT2D eigenvalue weighted by atomic mass is 10.1. The van der Waals surface area contributed by atoms with Crippen LogP contribution < -0.4 is 0 Å². The SMILES string of the molecule is CCCCc1cnnn1CCCCCCCP. The van der Waals surface area contributed by atoms with Gasteiger partial charge in [0.05, 0.1) is 11.9 Å². The smallest absolute Gasteiger partial charge is 0.0725 e. The number of hydrogen-bond acceptors (Lipinski definition) is 2. The molecule has 1 rings (SSSR count). The Hall–Kier alpha value is -0.430. The lowest BCUT2D eigenvalue weighted by Crippen LogP contribution is -2.05. The Morgan fingerprint density at radius 3 is 2.65 bits per heavy atom. The highest BCUT2D eigenvalue weighted by Crippen LogP contribution is 2.08. The first kappa shape index (κ1) is 14.6. The molecule has 0 N–H and O–H groups in total. The fraction of sp³-hybridized carbons (Fsp3) is 0.846. The van der Waals surface area contributed by atoms with E-state index in [-0.39, 0.29) is 0 Å². The topological polar surface area (TPSA) is 30.7 Å². The van der Waals surface area contributed by atoms with E-state index >= 15 is 0 Å². The van der Waals surface area contributed by atoms with Gasteiger partial charge in [0.1, 0.15) is 0 Å². The average Bonchev–Trinajstić information content (AvgIpc) is 2.78. The Bertz CT molecular complexity index is 286. The molecule has 0 aromatic carbocycles. The zero-order valence-electron chi connectivity index (χ0n) is 11.1. The molecule has 4 heteroatoms. The van der Waals surface area contributed by atoms with Crippen molar-refractivity contribution < 1.29 is 0 Å².